The van der Waals surface area contributed by atoms with Gasteiger partial charge in [-0.2, -0.15) is 5.26 Å². The number of benzene rings is 3. The summed E-state index contributed by atoms with van der Waals surface area (Å²) in [4.78, 5) is 17.0. The highest BCUT2D eigenvalue weighted by Crippen LogP contribution is 2.32. The number of hydrogen-bond acceptors (Lipinski definition) is 6. The summed E-state index contributed by atoms with van der Waals surface area (Å²) in [5, 5.41) is 10.3. The normalized spacial score (nSPS) is 11.2. The summed E-state index contributed by atoms with van der Waals surface area (Å²) in [6.45, 7) is 2.26. The number of allylic oxidation sites excluding steroid dienone is 1. The van der Waals surface area contributed by atoms with Crippen molar-refractivity contribution in [3.8, 4) is 17.6 Å². The number of ether oxygens (including phenoxy) is 2. The van der Waals surface area contributed by atoms with E-state index in [4.69, 9.17) is 9.47 Å². The molecule has 3 aromatic carbocycles. The second kappa shape index (κ2) is 9.24. The Morgan fingerprint density at radius 1 is 1.06 bits per heavy atom. The maximum absolute atomic E-state index is 12.4. The molecule has 4 rings (SSSR count). The third kappa shape index (κ3) is 4.63. The van der Waals surface area contributed by atoms with E-state index < -0.39 is 5.97 Å². The SMILES string of the molecule is CCOc1cc(/C=C(\C#N)c2nc3ccccc3s2)ccc1OC(=O)c1ccccc1. The van der Waals surface area contributed by atoms with Crippen molar-refractivity contribution in [2.45, 2.75) is 6.92 Å². The molecular weight excluding hydrogens is 408 g/mol. The van der Waals surface area contributed by atoms with E-state index in [-0.39, 0.29) is 0 Å². The van der Waals surface area contributed by atoms with Crippen LogP contribution in [-0.4, -0.2) is 17.6 Å². The molecule has 0 saturated heterocycles. The van der Waals surface area contributed by atoms with Crippen molar-refractivity contribution < 1.29 is 14.3 Å². The molecule has 0 saturated carbocycles. The Kier molecular flexibility index (Phi) is 6.06. The molecule has 4 aromatic rings. The highest BCUT2D eigenvalue weighted by atomic mass is 32.1. The molecule has 0 amide bonds. The lowest BCUT2D eigenvalue weighted by Gasteiger charge is -2.11. The number of para-hydroxylation sites is 1. The molecule has 1 heterocycles. The van der Waals surface area contributed by atoms with Gasteiger partial charge in [0.05, 0.1) is 28.0 Å². The summed E-state index contributed by atoms with van der Waals surface area (Å²) in [6, 6.07) is 24.0. The van der Waals surface area contributed by atoms with E-state index in [9.17, 15) is 10.1 Å². The predicted octanol–water partition coefficient (Wildman–Crippen LogP) is 5.98. The summed E-state index contributed by atoms with van der Waals surface area (Å²) >= 11 is 1.47. The van der Waals surface area contributed by atoms with Gasteiger partial charge in [-0.3, -0.25) is 0 Å². The van der Waals surface area contributed by atoms with Crippen molar-refractivity contribution in [3.63, 3.8) is 0 Å². The third-order valence-electron chi connectivity index (χ3n) is 4.44. The van der Waals surface area contributed by atoms with Gasteiger partial charge in [0.25, 0.3) is 0 Å². The van der Waals surface area contributed by atoms with E-state index in [0.29, 0.717) is 34.3 Å². The summed E-state index contributed by atoms with van der Waals surface area (Å²) in [6.07, 6.45) is 1.75. The Morgan fingerprint density at radius 2 is 1.84 bits per heavy atom. The molecule has 5 nitrogen and oxygen atoms in total. The second-order valence-corrected chi connectivity index (χ2v) is 7.58. The van der Waals surface area contributed by atoms with Crippen LogP contribution >= 0.6 is 11.3 Å². The molecule has 0 aliphatic rings. The van der Waals surface area contributed by atoms with Gasteiger partial charge >= 0.3 is 5.97 Å². The van der Waals surface area contributed by atoms with E-state index >= 15 is 0 Å². The Morgan fingerprint density at radius 3 is 2.58 bits per heavy atom. The van der Waals surface area contributed by atoms with Crippen LogP contribution in [0.3, 0.4) is 0 Å². The Bertz CT molecular complexity index is 1270. The topological polar surface area (TPSA) is 72.2 Å². The van der Waals surface area contributed by atoms with Gasteiger partial charge in [-0.05, 0) is 55.0 Å². The summed E-state index contributed by atoms with van der Waals surface area (Å²) in [5.41, 5.74) is 2.52. The molecule has 0 unspecified atom stereocenters. The monoisotopic (exact) mass is 426 g/mol. The van der Waals surface area contributed by atoms with E-state index in [0.717, 1.165) is 15.8 Å². The van der Waals surface area contributed by atoms with Crippen molar-refractivity contribution >= 4 is 39.2 Å². The molecule has 0 atom stereocenters. The molecule has 0 aliphatic heterocycles. The van der Waals surface area contributed by atoms with Crippen LogP contribution in [0.5, 0.6) is 11.5 Å². The molecular formula is C25H18N2O3S. The first-order valence-electron chi connectivity index (χ1n) is 9.69. The smallest absolute Gasteiger partial charge is 0.343 e. The average molecular weight is 426 g/mol. The van der Waals surface area contributed by atoms with Crippen LogP contribution in [0.2, 0.25) is 0 Å². The maximum atomic E-state index is 12.4. The van der Waals surface area contributed by atoms with Gasteiger partial charge in [0.1, 0.15) is 11.1 Å². The minimum Gasteiger partial charge on any atom is -0.490 e. The molecule has 0 aliphatic carbocycles. The number of fused-ring (bicyclic) bond motifs is 1. The number of hydrogen-bond donors (Lipinski definition) is 0. The third-order valence-corrected chi connectivity index (χ3v) is 5.51. The van der Waals surface area contributed by atoms with Crippen molar-refractivity contribution in [2.75, 3.05) is 6.61 Å². The van der Waals surface area contributed by atoms with Crippen LogP contribution in [0.4, 0.5) is 0 Å². The predicted molar refractivity (Wildman–Crippen MR) is 122 cm³/mol. The number of thiazole rings is 1. The van der Waals surface area contributed by atoms with E-state index in [1.807, 2.05) is 37.3 Å². The van der Waals surface area contributed by atoms with Crippen molar-refractivity contribution in [1.29, 1.82) is 5.26 Å². The molecule has 0 N–H and O–H groups in total. The molecule has 6 heteroatoms. The Hall–Kier alpha value is -3.95. The van der Waals surface area contributed by atoms with E-state index in [1.54, 1.807) is 48.5 Å². The van der Waals surface area contributed by atoms with Crippen LogP contribution in [-0.2, 0) is 0 Å². The lowest BCUT2D eigenvalue weighted by atomic mass is 10.1. The van der Waals surface area contributed by atoms with Crippen molar-refractivity contribution in [3.05, 3.63) is 88.9 Å². The average Bonchev–Trinajstić information content (AvgIpc) is 3.24. The maximum Gasteiger partial charge on any atom is 0.343 e. The fourth-order valence-electron chi connectivity index (χ4n) is 3.00. The molecule has 152 valence electrons. The van der Waals surface area contributed by atoms with Gasteiger partial charge in [-0.25, -0.2) is 9.78 Å². The molecule has 0 spiro atoms. The van der Waals surface area contributed by atoms with E-state index in [2.05, 4.69) is 11.1 Å². The Labute approximate surface area is 183 Å². The van der Waals surface area contributed by atoms with Crippen molar-refractivity contribution in [2.24, 2.45) is 0 Å². The van der Waals surface area contributed by atoms with Crippen LogP contribution < -0.4 is 9.47 Å². The molecule has 0 radical (unpaired) electrons. The van der Waals surface area contributed by atoms with E-state index in [1.165, 1.54) is 11.3 Å². The number of nitrogens with zero attached hydrogens (tertiary/aromatic N) is 2. The van der Waals surface area contributed by atoms with Gasteiger partial charge < -0.3 is 9.47 Å². The van der Waals surface area contributed by atoms with Gasteiger partial charge in [-0.15, -0.1) is 11.3 Å². The number of esters is 1. The standard InChI is InChI=1S/C25H18N2O3S/c1-2-29-22-15-17(12-13-21(22)30-25(28)18-8-4-3-5-9-18)14-19(16-26)24-27-20-10-6-7-11-23(20)31-24/h3-15H,2H2,1H3/b19-14+. The quantitative estimate of drug-likeness (QED) is 0.215. The zero-order valence-electron chi connectivity index (χ0n) is 16.7. The first kappa shape index (κ1) is 20.3. The lowest BCUT2D eigenvalue weighted by Crippen LogP contribution is -2.09. The van der Waals surface area contributed by atoms with Crippen LogP contribution in [0.25, 0.3) is 21.9 Å². The number of nitriles is 1. The summed E-state index contributed by atoms with van der Waals surface area (Å²) in [7, 11) is 0. The highest BCUT2D eigenvalue weighted by Gasteiger charge is 2.14. The zero-order valence-corrected chi connectivity index (χ0v) is 17.6. The number of rotatable bonds is 6. The highest BCUT2D eigenvalue weighted by molar-refractivity contribution is 7.19. The minimum absolute atomic E-state index is 0.325. The fourth-order valence-corrected chi connectivity index (χ4v) is 3.93. The lowest BCUT2D eigenvalue weighted by molar-refractivity contribution is 0.0728. The largest absolute Gasteiger partial charge is 0.490 e. The first-order valence-corrected chi connectivity index (χ1v) is 10.5. The van der Waals surface area contributed by atoms with Crippen molar-refractivity contribution in [1.82, 2.24) is 4.98 Å². The molecule has 0 fully saturated rings. The van der Waals surface area contributed by atoms with Gasteiger partial charge in [0, 0.05) is 0 Å². The number of carbonyl (C=O) groups excluding carboxylic acids is 1. The summed E-state index contributed by atoms with van der Waals surface area (Å²) < 4.78 is 12.2. The zero-order chi connectivity index (χ0) is 21.6. The molecule has 31 heavy (non-hydrogen) atoms. The van der Waals surface area contributed by atoms with Crippen LogP contribution in [0, 0.1) is 11.3 Å². The van der Waals surface area contributed by atoms with Gasteiger partial charge in [0.2, 0.25) is 0 Å². The van der Waals surface area contributed by atoms with Crippen LogP contribution in [0.15, 0.2) is 72.8 Å². The first-order chi connectivity index (χ1) is 15.2. The minimum atomic E-state index is -0.461. The fraction of sp³-hybridized carbons (Fsp3) is 0.0800. The summed E-state index contributed by atoms with van der Waals surface area (Å²) in [5.74, 6) is 0.297. The second-order valence-electron chi connectivity index (χ2n) is 6.55. The van der Waals surface area contributed by atoms with Gasteiger partial charge in [-0.1, -0.05) is 36.4 Å². The number of aromatic nitrogens is 1. The molecule has 0 bridgehead atoms. The Balaban J connectivity index is 1.64. The number of carbonyl (C=O) groups is 1. The van der Waals surface area contributed by atoms with Gasteiger partial charge in [0.15, 0.2) is 11.5 Å². The molecule has 1 aromatic heterocycles. The van der Waals surface area contributed by atoms with Crippen LogP contribution in [0.1, 0.15) is 27.9 Å².